The maximum Gasteiger partial charge on any atom is 0.240 e. The predicted octanol–water partition coefficient (Wildman–Crippen LogP) is 1.35. The molecule has 0 bridgehead atoms. The van der Waals surface area contributed by atoms with Crippen LogP contribution in [0, 0.1) is 0 Å². The number of amides is 2. The molecular formula is C17H24N2O5. The Balaban J connectivity index is 2.05. The van der Waals surface area contributed by atoms with Crippen molar-refractivity contribution in [1.29, 1.82) is 0 Å². The van der Waals surface area contributed by atoms with Gasteiger partial charge in [-0.2, -0.15) is 0 Å². The van der Waals surface area contributed by atoms with Gasteiger partial charge in [-0.3, -0.25) is 14.5 Å². The van der Waals surface area contributed by atoms with Gasteiger partial charge in [0.1, 0.15) is 18.0 Å². The molecule has 0 aromatic heterocycles. The minimum absolute atomic E-state index is 0.0650. The van der Waals surface area contributed by atoms with Crippen molar-refractivity contribution in [3.63, 3.8) is 0 Å². The molecule has 24 heavy (non-hydrogen) atoms. The Morgan fingerprint density at radius 1 is 1.33 bits per heavy atom. The summed E-state index contributed by atoms with van der Waals surface area (Å²) in [6.45, 7) is 2.54. The minimum Gasteiger partial charge on any atom is -0.497 e. The van der Waals surface area contributed by atoms with Crippen LogP contribution in [0.1, 0.15) is 19.8 Å². The predicted molar refractivity (Wildman–Crippen MR) is 89.6 cm³/mol. The molecule has 1 fully saturated rings. The van der Waals surface area contributed by atoms with Crippen LogP contribution in [0.4, 0.5) is 5.69 Å². The summed E-state index contributed by atoms with van der Waals surface area (Å²) in [6.07, 6.45) is 2.03. The van der Waals surface area contributed by atoms with Gasteiger partial charge in [-0.25, -0.2) is 0 Å². The van der Waals surface area contributed by atoms with E-state index in [-0.39, 0.29) is 24.5 Å². The Bertz CT molecular complexity index is 584. The topological polar surface area (TPSA) is 77.1 Å². The van der Waals surface area contributed by atoms with Crippen molar-refractivity contribution < 1.29 is 23.8 Å². The van der Waals surface area contributed by atoms with Crippen molar-refractivity contribution in [1.82, 2.24) is 5.32 Å². The Hall–Kier alpha value is -2.28. The van der Waals surface area contributed by atoms with Gasteiger partial charge < -0.3 is 19.5 Å². The molecule has 0 radical (unpaired) electrons. The number of benzene rings is 1. The summed E-state index contributed by atoms with van der Waals surface area (Å²) in [5.41, 5.74) is 0.526. The van der Waals surface area contributed by atoms with Gasteiger partial charge >= 0.3 is 0 Å². The number of carbonyl (C=O) groups excluding carboxylic acids is 2. The van der Waals surface area contributed by atoms with Crippen LogP contribution >= 0.6 is 0 Å². The van der Waals surface area contributed by atoms with Gasteiger partial charge in [-0.1, -0.05) is 0 Å². The number of carbonyl (C=O) groups is 2. The molecule has 2 rings (SSSR count). The summed E-state index contributed by atoms with van der Waals surface area (Å²) >= 11 is 0. The number of nitrogens with one attached hydrogen (secondary N) is 1. The molecule has 132 valence electrons. The number of rotatable bonds is 7. The van der Waals surface area contributed by atoms with E-state index in [1.54, 1.807) is 25.3 Å². The SMILES string of the molecule is COc1ccc(N(CC(=O)NCC2CCCO2)C(C)=O)c(OC)c1. The molecule has 1 N–H and O–H groups in total. The van der Waals surface area contributed by atoms with Gasteiger partial charge in [0.25, 0.3) is 0 Å². The van der Waals surface area contributed by atoms with Crippen molar-refractivity contribution in [2.75, 3.05) is 38.8 Å². The number of methoxy groups -OCH3 is 2. The van der Waals surface area contributed by atoms with E-state index < -0.39 is 0 Å². The molecule has 0 saturated carbocycles. The number of hydrogen-bond acceptors (Lipinski definition) is 5. The summed E-state index contributed by atoms with van der Waals surface area (Å²) < 4.78 is 15.9. The van der Waals surface area contributed by atoms with Gasteiger partial charge in [0.2, 0.25) is 11.8 Å². The molecule has 1 unspecified atom stereocenters. The summed E-state index contributed by atoms with van der Waals surface area (Å²) in [5, 5.41) is 2.82. The average Bonchev–Trinajstić information content (AvgIpc) is 3.10. The van der Waals surface area contributed by atoms with Gasteiger partial charge in [0.05, 0.1) is 26.0 Å². The Morgan fingerprint density at radius 3 is 2.71 bits per heavy atom. The molecule has 1 aliphatic rings. The molecule has 7 nitrogen and oxygen atoms in total. The van der Waals surface area contributed by atoms with E-state index in [1.165, 1.54) is 18.9 Å². The van der Waals surface area contributed by atoms with Crippen molar-refractivity contribution in [3.8, 4) is 11.5 Å². The highest BCUT2D eigenvalue weighted by atomic mass is 16.5. The summed E-state index contributed by atoms with van der Waals surface area (Å²) in [7, 11) is 3.06. The zero-order valence-electron chi connectivity index (χ0n) is 14.3. The van der Waals surface area contributed by atoms with Crippen LogP contribution in [0.5, 0.6) is 11.5 Å². The molecule has 2 amide bonds. The second-order valence-electron chi connectivity index (χ2n) is 5.58. The lowest BCUT2D eigenvalue weighted by molar-refractivity contribution is -0.123. The monoisotopic (exact) mass is 336 g/mol. The fraction of sp³-hybridized carbons (Fsp3) is 0.529. The van der Waals surface area contributed by atoms with Crippen LogP contribution in [0.25, 0.3) is 0 Å². The average molecular weight is 336 g/mol. The fourth-order valence-electron chi connectivity index (χ4n) is 2.61. The lowest BCUT2D eigenvalue weighted by Crippen LogP contribution is -2.42. The molecule has 1 aromatic rings. The molecule has 1 heterocycles. The van der Waals surface area contributed by atoms with Crippen molar-refractivity contribution >= 4 is 17.5 Å². The maximum atomic E-state index is 12.2. The normalized spacial score (nSPS) is 16.5. The molecule has 7 heteroatoms. The fourth-order valence-corrected chi connectivity index (χ4v) is 2.61. The molecule has 1 saturated heterocycles. The molecule has 0 spiro atoms. The summed E-state index contributed by atoms with van der Waals surface area (Å²) in [5.74, 6) is 0.600. The van der Waals surface area contributed by atoms with E-state index in [0.717, 1.165) is 19.4 Å². The van der Waals surface area contributed by atoms with Crippen molar-refractivity contribution in [2.45, 2.75) is 25.9 Å². The first-order valence-electron chi connectivity index (χ1n) is 7.93. The Kier molecular flexibility index (Phi) is 6.43. The van der Waals surface area contributed by atoms with Gasteiger partial charge in [-0.05, 0) is 25.0 Å². The first kappa shape index (κ1) is 18.1. The molecule has 0 aliphatic carbocycles. The first-order valence-corrected chi connectivity index (χ1v) is 7.93. The summed E-state index contributed by atoms with van der Waals surface area (Å²) in [6, 6.07) is 5.10. The summed E-state index contributed by atoms with van der Waals surface area (Å²) in [4.78, 5) is 25.6. The molecule has 1 aliphatic heterocycles. The second kappa shape index (κ2) is 8.54. The molecule has 1 atom stereocenters. The van der Waals surface area contributed by atoms with Crippen molar-refractivity contribution in [2.24, 2.45) is 0 Å². The standard InChI is InChI=1S/C17H24N2O5/c1-12(20)19(11-17(21)18-10-14-5-4-8-24-14)15-7-6-13(22-2)9-16(15)23-3/h6-7,9,14H,4-5,8,10-11H2,1-3H3,(H,18,21). The van der Waals surface area contributed by atoms with Crippen LogP contribution in [-0.2, 0) is 14.3 Å². The third kappa shape index (κ3) is 4.61. The maximum absolute atomic E-state index is 12.2. The van der Waals surface area contributed by atoms with E-state index in [0.29, 0.717) is 23.7 Å². The quantitative estimate of drug-likeness (QED) is 0.813. The highest BCUT2D eigenvalue weighted by Gasteiger charge is 2.21. The van der Waals surface area contributed by atoms with Gasteiger partial charge in [0.15, 0.2) is 0 Å². The van der Waals surface area contributed by atoms with E-state index in [2.05, 4.69) is 5.32 Å². The number of hydrogen-bond donors (Lipinski definition) is 1. The number of ether oxygens (including phenoxy) is 3. The lowest BCUT2D eigenvalue weighted by atomic mass is 10.2. The highest BCUT2D eigenvalue weighted by Crippen LogP contribution is 2.32. The Labute approximate surface area is 141 Å². The van der Waals surface area contributed by atoms with Gasteiger partial charge in [-0.15, -0.1) is 0 Å². The van der Waals surface area contributed by atoms with Crippen molar-refractivity contribution in [3.05, 3.63) is 18.2 Å². The van der Waals surface area contributed by atoms with Gasteiger partial charge in [0, 0.05) is 26.1 Å². The second-order valence-corrected chi connectivity index (χ2v) is 5.58. The lowest BCUT2D eigenvalue weighted by Gasteiger charge is -2.23. The third-order valence-corrected chi connectivity index (χ3v) is 3.91. The van der Waals surface area contributed by atoms with Crippen LogP contribution in [0.3, 0.4) is 0 Å². The zero-order valence-corrected chi connectivity index (χ0v) is 14.3. The third-order valence-electron chi connectivity index (χ3n) is 3.91. The molecule has 1 aromatic carbocycles. The zero-order chi connectivity index (χ0) is 17.5. The smallest absolute Gasteiger partial charge is 0.240 e. The number of nitrogens with zero attached hydrogens (tertiary/aromatic N) is 1. The van der Waals surface area contributed by atoms with Crippen LogP contribution in [0.2, 0.25) is 0 Å². The molecular weight excluding hydrogens is 312 g/mol. The Morgan fingerprint density at radius 2 is 2.12 bits per heavy atom. The van der Waals surface area contributed by atoms with E-state index in [9.17, 15) is 9.59 Å². The first-order chi connectivity index (χ1) is 11.5. The minimum atomic E-state index is -0.245. The largest absolute Gasteiger partial charge is 0.497 e. The van der Waals surface area contributed by atoms with E-state index in [1.807, 2.05) is 0 Å². The van der Waals surface area contributed by atoms with E-state index >= 15 is 0 Å². The van der Waals surface area contributed by atoms with Crippen LogP contribution in [0.15, 0.2) is 18.2 Å². The van der Waals surface area contributed by atoms with E-state index in [4.69, 9.17) is 14.2 Å². The number of anilines is 1. The van der Waals surface area contributed by atoms with Crippen LogP contribution < -0.4 is 19.7 Å². The van der Waals surface area contributed by atoms with Crippen LogP contribution in [-0.4, -0.2) is 51.8 Å². The highest BCUT2D eigenvalue weighted by molar-refractivity contribution is 5.98.